The van der Waals surface area contributed by atoms with Crippen LogP contribution in [0.15, 0.2) is 34.9 Å². The Kier molecular flexibility index (Phi) is 6.70. The van der Waals surface area contributed by atoms with Crippen LogP contribution in [0.1, 0.15) is 17.9 Å². The van der Waals surface area contributed by atoms with E-state index in [-0.39, 0.29) is 12.3 Å². The van der Waals surface area contributed by atoms with Crippen LogP contribution in [0.5, 0.6) is 5.75 Å². The average molecular weight is 372 g/mol. The molecule has 7 nitrogen and oxygen atoms in total. The number of nitrogens with one attached hydrogen (secondary N) is 1. The summed E-state index contributed by atoms with van der Waals surface area (Å²) in [5.41, 5.74) is 1.84. The predicted octanol–water partition coefficient (Wildman–Crippen LogP) is 1.86. The van der Waals surface area contributed by atoms with E-state index in [1.807, 2.05) is 25.1 Å². The molecule has 0 bridgehead atoms. The molecule has 1 saturated heterocycles. The Bertz CT molecular complexity index is 738. The van der Waals surface area contributed by atoms with Crippen LogP contribution in [0.4, 0.5) is 5.69 Å². The first-order valence-electron chi connectivity index (χ1n) is 9.45. The number of aromatic nitrogens is 1. The van der Waals surface area contributed by atoms with Crippen molar-refractivity contribution < 1.29 is 14.1 Å². The molecule has 1 aromatic carbocycles. The molecule has 1 fully saturated rings. The minimum absolute atomic E-state index is 0.00991. The second-order valence-electron chi connectivity index (χ2n) is 6.81. The standard InChI is InChI=1S/C20H28N4O3/c1-16-14-17(22-27-16)15-20(25)21-8-5-9-23-10-12-24(13-11-23)18-6-3-4-7-19(18)26-2/h3-4,6-7,14H,5,8-13,15H2,1-2H3,(H,21,25). The van der Waals surface area contributed by atoms with Gasteiger partial charge in [-0.05, 0) is 32.0 Å². The molecule has 3 rings (SSSR count). The van der Waals surface area contributed by atoms with Gasteiger partial charge in [-0.2, -0.15) is 0 Å². The zero-order chi connectivity index (χ0) is 19.1. The number of benzene rings is 1. The average Bonchev–Trinajstić information content (AvgIpc) is 3.10. The summed E-state index contributed by atoms with van der Waals surface area (Å²) in [6.45, 7) is 7.50. The third-order valence-electron chi connectivity index (χ3n) is 4.79. The lowest BCUT2D eigenvalue weighted by molar-refractivity contribution is -0.120. The van der Waals surface area contributed by atoms with Crippen LogP contribution in [-0.2, 0) is 11.2 Å². The Balaban J connectivity index is 1.33. The van der Waals surface area contributed by atoms with Gasteiger partial charge in [0, 0.05) is 38.8 Å². The van der Waals surface area contributed by atoms with E-state index in [9.17, 15) is 4.79 Å². The molecule has 1 N–H and O–H groups in total. The maximum atomic E-state index is 11.9. The second-order valence-corrected chi connectivity index (χ2v) is 6.81. The van der Waals surface area contributed by atoms with Crippen molar-refractivity contribution in [1.29, 1.82) is 0 Å². The number of methoxy groups -OCH3 is 1. The van der Waals surface area contributed by atoms with Crippen LogP contribution in [0.2, 0.25) is 0 Å². The van der Waals surface area contributed by atoms with Gasteiger partial charge in [0.25, 0.3) is 0 Å². The van der Waals surface area contributed by atoms with Gasteiger partial charge < -0.3 is 19.5 Å². The number of nitrogens with zero attached hydrogens (tertiary/aromatic N) is 3. The van der Waals surface area contributed by atoms with E-state index in [1.165, 1.54) is 0 Å². The molecule has 0 radical (unpaired) electrons. The number of piperazine rings is 1. The smallest absolute Gasteiger partial charge is 0.226 e. The number of carbonyl (C=O) groups is 1. The first-order chi connectivity index (χ1) is 13.2. The lowest BCUT2D eigenvalue weighted by Gasteiger charge is -2.36. The highest BCUT2D eigenvalue weighted by Gasteiger charge is 2.19. The molecule has 2 heterocycles. The third-order valence-corrected chi connectivity index (χ3v) is 4.79. The van der Waals surface area contributed by atoms with Gasteiger partial charge >= 0.3 is 0 Å². The zero-order valence-corrected chi connectivity index (χ0v) is 16.1. The van der Waals surface area contributed by atoms with Crippen molar-refractivity contribution in [2.45, 2.75) is 19.8 Å². The SMILES string of the molecule is COc1ccccc1N1CCN(CCCNC(=O)Cc2cc(C)on2)CC1. The number of hydrogen-bond donors (Lipinski definition) is 1. The quantitative estimate of drug-likeness (QED) is 0.714. The van der Waals surface area contributed by atoms with Crippen molar-refractivity contribution in [3.63, 3.8) is 0 Å². The van der Waals surface area contributed by atoms with E-state index in [4.69, 9.17) is 9.26 Å². The monoisotopic (exact) mass is 372 g/mol. The molecule has 0 atom stereocenters. The molecule has 0 spiro atoms. The normalized spacial score (nSPS) is 15.0. The molecule has 0 aliphatic carbocycles. The summed E-state index contributed by atoms with van der Waals surface area (Å²) < 4.78 is 10.4. The lowest BCUT2D eigenvalue weighted by Crippen LogP contribution is -2.47. The summed E-state index contributed by atoms with van der Waals surface area (Å²) >= 11 is 0. The van der Waals surface area contributed by atoms with Crippen molar-refractivity contribution in [2.24, 2.45) is 0 Å². The largest absolute Gasteiger partial charge is 0.495 e. The van der Waals surface area contributed by atoms with Gasteiger partial charge in [-0.3, -0.25) is 9.69 Å². The van der Waals surface area contributed by atoms with Crippen molar-refractivity contribution in [2.75, 3.05) is 51.3 Å². The molecular weight excluding hydrogens is 344 g/mol. The van der Waals surface area contributed by atoms with E-state index in [0.717, 1.165) is 56.3 Å². The van der Waals surface area contributed by atoms with Crippen molar-refractivity contribution in [3.8, 4) is 5.75 Å². The van der Waals surface area contributed by atoms with Gasteiger partial charge in [-0.25, -0.2) is 0 Å². The minimum Gasteiger partial charge on any atom is -0.495 e. The summed E-state index contributed by atoms with van der Waals surface area (Å²) in [5.74, 6) is 1.64. The number of rotatable bonds is 8. The molecule has 1 amide bonds. The lowest BCUT2D eigenvalue weighted by atomic mass is 10.2. The Morgan fingerprint density at radius 3 is 2.74 bits per heavy atom. The van der Waals surface area contributed by atoms with Gasteiger partial charge in [-0.15, -0.1) is 0 Å². The van der Waals surface area contributed by atoms with Crippen LogP contribution in [0.3, 0.4) is 0 Å². The Labute approximate surface area is 160 Å². The number of hydrogen-bond acceptors (Lipinski definition) is 6. The first kappa shape index (κ1) is 19.2. The molecule has 1 aliphatic heterocycles. The van der Waals surface area contributed by atoms with Gasteiger partial charge in [0.1, 0.15) is 11.5 Å². The number of amides is 1. The Hall–Kier alpha value is -2.54. The topological polar surface area (TPSA) is 70.8 Å². The molecule has 2 aromatic rings. The van der Waals surface area contributed by atoms with E-state index in [1.54, 1.807) is 13.2 Å². The molecule has 146 valence electrons. The predicted molar refractivity (Wildman–Crippen MR) is 104 cm³/mol. The fraction of sp³-hybridized carbons (Fsp3) is 0.500. The molecular formula is C20H28N4O3. The maximum absolute atomic E-state index is 11.9. The van der Waals surface area contributed by atoms with Crippen LogP contribution in [-0.4, -0.2) is 62.3 Å². The van der Waals surface area contributed by atoms with Crippen LogP contribution in [0.25, 0.3) is 0 Å². The first-order valence-corrected chi connectivity index (χ1v) is 9.45. The van der Waals surface area contributed by atoms with Gasteiger partial charge in [0.15, 0.2) is 0 Å². The number of carbonyl (C=O) groups excluding carboxylic acids is 1. The molecule has 0 unspecified atom stereocenters. The molecule has 27 heavy (non-hydrogen) atoms. The summed E-state index contributed by atoms with van der Waals surface area (Å²) in [6, 6.07) is 9.95. The highest BCUT2D eigenvalue weighted by atomic mass is 16.5. The van der Waals surface area contributed by atoms with Gasteiger partial charge in [0.05, 0.1) is 24.9 Å². The highest BCUT2D eigenvalue weighted by Crippen LogP contribution is 2.28. The third kappa shape index (κ3) is 5.47. The second kappa shape index (κ2) is 9.41. The fourth-order valence-electron chi connectivity index (χ4n) is 3.36. The zero-order valence-electron chi connectivity index (χ0n) is 16.1. The van der Waals surface area contributed by atoms with Crippen molar-refractivity contribution in [1.82, 2.24) is 15.4 Å². The molecule has 7 heteroatoms. The van der Waals surface area contributed by atoms with Gasteiger partial charge in [-0.1, -0.05) is 17.3 Å². The Morgan fingerprint density at radius 1 is 1.26 bits per heavy atom. The van der Waals surface area contributed by atoms with Crippen molar-refractivity contribution >= 4 is 11.6 Å². The van der Waals surface area contributed by atoms with E-state index < -0.39 is 0 Å². The maximum Gasteiger partial charge on any atom is 0.226 e. The minimum atomic E-state index is -0.00991. The number of para-hydroxylation sites is 2. The number of aryl methyl sites for hydroxylation is 1. The summed E-state index contributed by atoms with van der Waals surface area (Å²) in [6.07, 6.45) is 1.22. The molecule has 0 saturated carbocycles. The number of ether oxygens (including phenoxy) is 1. The van der Waals surface area contributed by atoms with Crippen LogP contribution in [0, 0.1) is 6.92 Å². The fourth-order valence-corrected chi connectivity index (χ4v) is 3.36. The summed E-state index contributed by atoms with van der Waals surface area (Å²) in [5, 5.41) is 6.80. The van der Waals surface area contributed by atoms with Gasteiger partial charge in [0.2, 0.25) is 5.91 Å². The Morgan fingerprint density at radius 2 is 2.04 bits per heavy atom. The number of anilines is 1. The molecule has 1 aliphatic rings. The van der Waals surface area contributed by atoms with E-state index in [2.05, 4.69) is 26.3 Å². The van der Waals surface area contributed by atoms with Crippen molar-refractivity contribution in [3.05, 3.63) is 41.8 Å². The summed E-state index contributed by atoms with van der Waals surface area (Å²) in [4.78, 5) is 16.7. The highest BCUT2D eigenvalue weighted by molar-refractivity contribution is 5.78. The summed E-state index contributed by atoms with van der Waals surface area (Å²) in [7, 11) is 1.72. The van der Waals surface area contributed by atoms with Crippen LogP contribution < -0.4 is 15.0 Å². The van der Waals surface area contributed by atoms with E-state index >= 15 is 0 Å². The van der Waals surface area contributed by atoms with E-state index in [0.29, 0.717) is 12.2 Å². The molecule has 1 aromatic heterocycles. The van der Waals surface area contributed by atoms with Crippen LogP contribution >= 0.6 is 0 Å².